The molecule has 4 aromatic heterocycles. The lowest BCUT2D eigenvalue weighted by atomic mass is 9.92. The highest BCUT2D eigenvalue weighted by Crippen LogP contribution is 2.37. The number of aromatic nitrogens is 8. The second-order valence-corrected chi connectivity index (χ2v) is 18.3. The second kappa shape index (κ2) is 21.2. The number of Topliss-reactive ketones (excluding diaryl/α,β-unsaturated/α-hetero) is 1. The topological polar surface area (TPSA) is 173 Å². The molecule has 0 aliphatic heterocycles. The molecule has 15 nitrogen and oxygen atoms in total. The molecule has 3 aromatic carbocycles. The van der Waals surface area contributed by atoms with Gasteiger partial charge in [0, 0.05) is 53.0 Å². The van der Waals surface area contributed by atoms with Gasteiger partial charge in [-0.2, -0.15) is 10.2 Å². The van der Waals surface area contributed by atoms with Crippen LogP contribution in [0.15, 0.2) is 75.9 Å². The summed E-state index contributed by atoms with van der Waals surface area (Å²) in [6.07, 6.45) is 10.9. The van der Waals surface area contributed by atoms with Crippen molar-refractivity contribution in [3.63, 3.8) is 0 Å². The lowest BCUT2D eigenvalue weighted by molar-refractivity contribution is 0.0517. The van der Waals surface area contributed by atoms with Crippen LogP contribution in [0, 0.1) is 0 Å². The number of aryl methyl sites for hydroxylation is 6. The van der Waals surface area contributed by atoms with Crippen LogP contribution >= 0.6 is 31.9 Å². The number of carbonyl (C=O) groups excluding carboxylic acids is 2. The molecule has 2 aliphatic carbocycles. The van der Waals surface area contributed by atoms with Crippen LogP contribution in [-0.4, -0.2) is 72.1 Å². The fourth-order valence-electron chi connectivity index (χ4n) is 9.01. The summed E-state index contributed by atoms with van der Waals surface area (Å²) in [5, 5.41) is 15.7. The Morgan fingerprint density at radius 2 is 1.16 bits per heavy atom. The lowest BCUT2D eigenvalue weighted by Crippen LogP contribution is -2.11. The largest absolute Gasteiger partial charge is 0.495 e. The Hall–Kier alpha value is -6.46. The molecule has 0 radical (unpaired) electrons. The third-order valence-corrected chi connectivity index (χ3v) is 13.2. The van der Waals surface area contributed by atoms with Crippen LogP contribution in [-0.2, 0) is 63.8 Å². The van der Waals surface area contributed by atoms with Gasteiger partial charge >= 0.3 is 5.97 Å². The number of halogens is 2. The molecule has 0 bridgehead atoms. The van der Waals surface area contributed by atoms with Crippen LogP contribution in [0.1, 0.15) is 93.5 Å². The van der Waals surface area contributed by atoms with Crippen molar-refractivity contribution >= 4 is 66.9 Å². The molecule has 0 saturated carbocycles. The fourth-order valence-corrected chi connectivity index (χ4v) is 9.69. The van der Waals surface area contributed by atoms with Crippen molar-refractivity contribution in [3.05, 3.63) is 126 Å². The van der Waals surface area contributed by atoms with Gasteiger partial charge in [-0.1, -0.05) is 63.9 Å². The summed E-state index contributed by atoms with van der Waals surface area (Å²) >= 11 is 6.93. The van der Waals surface area contributed by atoms with E-state index in [-0.39, 0.29) is 5.78 Å². The van der Waals surface area contributed by atoms with Crippen molar-refractivity contribution in [2.45, 2.75) is 78.6 Å². The number of ketones is 1. The molecular formula is C51H54Br2N10O5. The standard InChI is InChI=1S/C30H32BrN5O2.C21H22BrN5O3/c1-5-18-9-7-10-19(6-2)23(18)16-25(37)28-22-12-8-11-20-17-32-30(34-27(20)29(22)36(3)35-28)33-24-14-13-21(31)15-26(24)38-4;1-4-30-20(28)18-14-7-5-6-12-11-23-21(25-17(12)19(14)27(2)26-18)24-15-9-8-13(22)10-16(15)29-3/h7,9-10,13-15,17H,5-6,8,11-12,16H2,1-4H3,(H,32,33,34);8-11H,4-7H2,1-3H3,(H,23,24,25). The Balaban J connectivity index is 0.000000189. The van der Waals surface area contributed by atoms with Gasteiger partial charge in [0.05, 0.1) is 55.0 Å². The number of carbonyl (C=O) groups is 2. The van der Waals surface area contributed by atoms with Gasteiger partial charge in [0.1, 0.15) is 17.2 Å². The van der Waals surface area contributed by atoms with Crippen molar-refractivity contribution < 1.29 is 23.8 Å². The van der Waals surface area contributed by atoms with Gasteiger partial charge in [0.25, 0.3) is 0 Å². The van der Waals surface area contributed by atoms with Gasteiger partial charge in [-0.05, 0) is 123 Å². The molecule has 0 unspecified atom stereocenters. The number of hydrogen-bond donors (Lipinski definition) is 2. The van der Waals surface area contributed by atoms with E-state index in [1.807, 2.05) is 67.6 Å². The predicted octanol–water partition coefficient (Wildman–Crippen LogP) is 10.5. The number of benzene rings is 3. The molecule has 0 amide bonds. The minimum Gasteiger partial charge on any atom is -0.495 e. The Labute approximate surface area is 412 Å². The van der Waals surface area contributed by atoms with E-state index in [0.717, 1.165) is 122 Å². The van der Waals surface area contributed by atoms with E-state index in [2.05, 4.69) is 89.6 Å². The molecule has 0 fully saturated rings. The number of hydrogen-bond acceptors (Lipinski definition) is 13. The highest BCUT2D eigenvalue weighted by molar-refractivity contribution is 9.10. The van der Waals surface area contributed by atoms with Crippen LogP contribution in [0.5, 0.6) is 11.5 Å². The van der Waals surface area contributed by atoms with Crippen molar-refractivity contribution in [2.24, 2.45) is 14.1 Å². The summed E-state index contributed by atoms with van der Waals surface area (Å²) in [7, 11) is 6.97. The molecule has 0 spiro atoms. The first-order valence-electron chi connectivity index (χ1n) is 22.8. The molecule has 2 aliphatic rings. The number of fused-ring (bicyclic) bond motifs is 6. The maximum atomic E-state index is 13.7. The summed E-state index contributed by atoms with van der Waals surface area (Å²) in [4.78, 5) is 44.9. The quantitative estimate of drug-likeness (QED) is 0.0826. The predicted molar refractivity (Wildman–Crippen MR) is 270 cm³/mol. The Morgan fingerprint density at radius 3 is 1.63 bits per heavy atom. The molecule has 2 N–H and O–H groups in total. The summed E-state index contributed by atoms with van der Waals surface area (Å²) in [6, 6.07) is 17.8. The first-order valence-corrected chi connectivity index (χ1v) is 24.4. The summed E-state index contributed by atoms with van der Waals surface area (Å²) in [5.41, 5.74) is 13.3. The van der Waals surface area contributed by atoms with Gasteiger partial charge < -0.3 is 24.8 Å². The summed E-state index contributed by atoms with van der Waals surface area (Å²) in [5.74, 6) is 1.94. The maximum absolute atomic E-state index is 13.7. The third-order valence-electron chi connectivity index (χ3n) is 12.2. The zero-order valence-electron chi connectivity index (χ0n) is 39.3. The molecule has 9 rings (SSSR count). The maximum Gasteiger partial charge on any atom is 0.359 e. The van der Waals surface area contributed by atoms with Crippen molar-refractivity contribution in [3.8, 4) is 34.3 Å². The number of nitrogens with one attached hydrogen (secondary N) is 2. The van der Waals surface area contributed by atoms with E-state index in [0.29, 0.717) is 47.8 Å². The fraction of sp³-hybridized carbons (Fsp3) is 0.333. The SMILES string of the molecule is CCOC(=O)c1nn(C)c2c1CCCc1cnc(Nc3ccc(Br)cc3OC)nc1-2.CCc1cccc(CC)c1CC(=O)c1nn(C)c2c1CCCc1cnc(Nc3ccc(Br)cc3OC)nc1-2. The molecule has 68 heavy (non-hydrogen) atoms. The Morgan fingerprint density at radius 1 is 0.676 bits per heavy atom. The van der Waals surface area contributed by atoms with E-state index in [9.17, 15) is 9.59 Å². The van der Waals surface area contributed by atoms with E-state index in [1.54, 1.807) is 25.8 Å². The van der Waals surface area contributed by atoms with Gasteiger partial charge in [-0.15, -0.1) is 0 Å². The third kappa shape index (κ3) is 10.0. The molecule has 0 saturated heterocycles. The smallest absolute Gasteiger partial charge is 0.359 e. The van der Waals surface area contributed by atoms with Crippen LogP contribution in [0.2, 0.25) is 0 Å². The summed E-state index contributed by atoms with van der Waals surface area (Å²) < 4.78 is 21.5. The molecule has 17 heteroatoms. The number of anilines is 4. The van der Waals surface area contributed by atoms with E-state index < -0.39 is 5.97 Å². The number of nitrogens with zero attached hydrogens (tertiary/aromatic N) is 8. The van der Waals surface area contributed by atoms with E-state index in [1.165, 1.54) is 11.1 Å². The normalized spacial score (nSPS) is 12.5. The van der Waals surface area contributed by atoms with Crippen molar-refractivity contribution in [1.29, 1.82) is 0 Å². The molecule has 0 atom stereocenters. The molecular weight excluding hydrogens is 992 g/mol. The number of rotatable bonds is 13. The number of esters is 1. The highest BCUT2D eigenvalue weighted by atomic mass is 79.9. The minimum absolute atomic E-state index is 0.0629. The first-order chi connectivity index (χ1) is 32.9. The second-order valence-electron chi connectivity index (χ2n) is 16.5. The van der Waals surface area contributed by atoms with Gasteiger partial charge in [-0.25, -0.2) is 24.7 Å². The monoisotopic (exact) mass is 1040 g/mol. The summed E-state index contributed by atoms with van der Waals surface area (Å²) in [6.45, 7) is 6.38. The zero-order valence-corrected chi connectivity index (χ0v) is 42.5. The van der Waals surface area contributed by atoms with Crippen molar-refractivity contribution in [1.82, 2.24) is 39.5 Å². The van der Waals surface area contributed by atoms with Gasteiger partial charge in [0.2, 0.25) is 11.9 Å². The van der Waals surface area contributed by atoms with E-state index >= 15 is 0 Å². The van der Waals surface area contributed by atoms with Crippen LogP contribution in [0.4, 0.5) is 23.3 Å². The van der Waals surface area contributed by atoms with Gasteiger partial charge in [-0.3, -0.25) is 14.2 Å². The number of methoxy groups -OCH3 is 2. The van der Waals surface area contributed by atoms with Crippen LogP contribution < -0.4 is 20.1 Å². The zero-order chi connectivity index (χ0) is 48.1. The highest BCUT2D eigenvalue weighted by Gasteiger charge is 2.30. The minimum atomic E-state index is -0.398. The number of ether oxygens (including phenoxy) is 3. The average Bonchev–Trinajstić information content (AvgIpc) is 3.68. The van der Waals surface area contributed by atoms with Crippen LogP contribution in [0.3, 0.4) is 0 Å². The lowest BCUT2D eigenvalue weighted by Gasteiger charge is -2.13. The van der Waals surface area contributed by atoms with Crippen molar-refractivity contribution in [2.75, 3.05) is 31.5 Å². The first kappa shape index (κ1) is 48.0. The molecule has 352 valence electrons. The van der Waals surface area contributed by atoms with Gasteiger partial charge in [0.15, 0.2) is 11.5 Å². The Bertz CT molecular complexity index is 3000. The molecule has 7 aromatic rings. The van der Waals surface area contributed by atoms with E-state index in [4.69, 9.17) is 29.3 Å². The van der Waals surface area contributed by atoms with Crippen LogP contribution in [0.25, 0.3) is 22.8 Å². The molecule has 4 heterocycles. The average molecular weight is 1050 g/mol. The Kier molecular flexibility index (Phi) is 15.0.